The summed E-state index contributed by atoms with van der Waals surface area (Å²) in [6.07, 6.45) is 0. The van der Waals surface area contributed by atoms with Gasteiger partial charge in [0.05, 0.1) is 23.7 Å². The van der Waals surface area contributed by atoms with Crippen molar-refractivity contribution in [3.05, 3.63) is 90.0 Å². The Hall–Kier alpha value is -4.13. The van der Waals surface area contributed by atoms with E-state index in [2.05, 4.69) is 10.3 Å². The third-order valence-corrected chi connectivity index (χ3v) is 5.72. The van der Waals surface area contributed by atoms with Crippen molar-refractivity contribution in [3.8, 4) is 5.75 Å². The van der Waals surface area contributed by atoms with E-state index in [4.69, 9.17) is 9.47 Å². The first-order chi connectivity index (χ1) is 16.2. The van der Waals surface area contributed by atoms with E-state index in [0.29, 0.717) is 18.3 Å². The minimum Gasteiger partial charge on any atom is -0.489 e. The lowest BCUT2D eigenvalue weighted by Gasteiger charge is -2.32. The number of benzene rings is 3. The summed E-state index contributed by atoms with van der Waals surface area (Å²) in [7, 11) is 0. The molecular weight excluding hydrogens is 418 g/mol. The Labute approximate surface area is 191 Å². The number of carbonyl (C=O) groups excluding carboxylic acids is 2. The molecule has 0 aliphatic carbocycles. The van der Waals surface area contributed by atoms with Crippen LogP contribution in [0.5, 0.6) is 5.75 Å². The summed E-state index contributed by atoms with van der Waals surface area (Å²) < 4.78 is 13.1. The smallest absolute Gasteiger partial charge is 0.321 e. The van der Waals surface area contributed by atoms with Crippen molar-refractivity contribution in [3.63, 3.8) is 0 Å². The number of ether oxygens (including phenoxy) is 2. The molecule has 4 aromatic rings. The number of nitrogens with one attached hydrogen (secondary N) is 1. The number of amides is 1. The van der Waals surface area contributed by atoms with Gasteiger partial charge in [-0.05, 0) is 42.3 Å². The van der Waals surface area contributed by atoms with Crippen LogP contribution in [0.2, 0.25) is 0 Å². The van der Waals surface area contributed by atoms with Crippen molar-refractivity contribution in [2.45, 2.75) is 19.6 Å². The van der Waals surface area contributed by atoms with Crippen LogP contribution in [0.4, 0.5) is 5.95 Å². The predicted octanol–water partition coefficient (Wildman–Crippen LogP) is 4.34. The van der Waals surface area contributed by atoms with Gasteiger partial charge < -0.3 is 14.0 Å². The highest BCUT2D eigenvalue weighted by molar-refractivity contribution is 6.07. The van der Waals surface area contributed by atoms with Crippen molar-refractivity contribution in [1.29, 1.82) is 0 Å². The summed E-state index contributed by atoms with van der Waals surface area (Å²) in [4.78, 5) is 30.4. The largest absolute Gasteiger partial charge is 0.489 e. The highest BCUT2D eigenvalue weighted by Crippen LogP contribution is 2.39. The molecule has 1 amide bonds. The number of nitrogens with zero attached hydrogens (tertiary/aromatic N) is 2. The van der Waals surface area contributed by atoms with Crippen LogP contribution >= 0.6 is 0 Å². The second-order valence-corrected chi connectivity index (χ2v) is 7.80. The van der Waals surface area contributed by atoms with Gasteiger partial charge in [-0.1, -0.05) is 54.6 Å². The Balaban J connectivity index is 1.52. The van der Waals surface area contributed by atoms with Crippen LogP contribution in [0, 0.1) is 5.92 Å². The average Bonchev–Trinajstić information content (AvgIpc) is 3.21. The second-order valence-electron chi connectivity index (χ2n) is 7.80. The van der Waals surface area contributed by atoms with Crippen LogP contribution in [0.15, 0.2) is 78.9 Å². The first kappa shape index (κ1) is 20.8. The minimum atomic E-state index is -1.04. The van der Waals surface area contributed by atoms with Gasteiger partial charge in [0.15, 0.2) is 5.92 Å². The number of esters is 1. The SMILES string of the molecule is CCOC(=O)[C@H]1C(=O)Nc2nc3ccccc3n2[C@@H]1c1ccc(OCc2ccccc2)cc1. The van der Waals surface area contributed by atoms with Crippen LogP contribution in [-0.2, 0) is 20.9 Å². The van der Waals surface area contributed by atoms with Crippen molar-refractivity contribution in [2.24, 2.45) is 5.92 Å². The maximum atomic E-state index is 13.0. The van der Waals surface area contributed by atoms with Crippen molar-refractivity contribution in [2.75, 3.05) is 11.9 Å². The summed E-state index contributed by atoms with van der Waals surface area (Å²) in [6, 6.07) is 24.4. The number of para-hydroxylation sites is 2. The van der Waals surface area contributed by atoms with E-state index in [-0.39, 0.29) is 6.61 Å². The predicted molar refractivity (Wildman–Crippen MR) is 124 cm³/mol. The summed E-state index contributed by atoms with van der Waals surface area (Å²) in [5, 5.41) is 2.78. The van der Waals surface area contributed by atoms with E-state index in [1.807, 2.05) is 83.4 Å². The zero-order chi connectivity index (χ0) is 22.8. The number of anilines is 1. The standard InChI is InChI=1S/C26H23N3O4/c1-2-32-25(31)22-23(29-21-11-7-6-10-20(21)27-26(29)28-24(22)30)18-12-14-19(15-13-18)33-16-17-8-4-3-5-9-17/h3-15,22-23H,2,16H2,1H3,(H,27,28,30)/t22-,23-/m1/s1. The van der Waals surface area contributed by atoms with Crippen molar-refractivity contribution < 1.29 is 19.1 Å². The normalized spacial score (nSPS) is 17.3. The highest BCUT2D eigenvalue weighted by atomic mass is 16.5. The third-order valence-electron chi connectivity index (χ3n) is 5.72. The zero-order valence-corrected chi connectivity index (χ0v) is 18.1. The summed E-state index contributed by atoms with van der Waals surface area (Å²) >= 11 is 0. The molecule has 0 saturated carbocycles. The maximum Gasteiger partial charge on any atom is 0.321 e. The van der Waals surface area contributed by atoms with Crippen LogP contribution in [0.25, 0.3) is 11.0 Å². The van der Waals surface area contributed by atoms with Gasteiger partial charge in [-0.3, -0.25) is 14.9 Å². The lowest BCUT2D eigenvalue weighted by molar-refractivity contribution is -0.152. The first-order valence-corrected chi connectivity index (χ1v) is 10.9. The van der Waals surface area contributed by atoms with E-state index >= 15 is 0 Å². The topological polar surface area (TPSA) is 82.5 Å². The van der Waals surface area contributed by atoms with Crippen LogP contribution in [0.1, 0.15) is 24.1 Å². The highest BCUT2D eigenvalue weighted by Gasteiger charge is 2.44. The van der Waals surface area contributed by atoms with E-state index in [9.17, 15) is 9.59 Å². The van der Waals surface area contributed by atoms with E-state index in [0.717, 1.165) is 22.2 Å². The molecule has 5 rings (SSSR count). The molecule has 1 aliphatic heterocycles. The molecule has 1 N–H and O–H groups in total. The van der Waals surface area contributed by atoms with Gasteiger partial charge >= 0.3 is 5.97 Å². The molecule has 1 aromatic heterocycles. The van der Waals surface area contributed by atoms with Gasteiger partial charge in [-0.15, -0.1) is 0 Å². The second kappa shape index (κ2) is 8.78. The van der Waals surface area contributed by atoms with Gasteiger partial charge in [-0.25, -0.2) is 4.98 Å². The molecule has 1 aliphatic rings. The van der Waals surface area contributed by atoms with E-state index in [1.54, 1.807) is 6.92 Å². The molecule has 0 bridgehead atoms. The molecule has 33 heavy (non-hydrogen) atoms. The minimum absolute atomic E-state index is 0.194. The van der Waals surface area contributed by atoms with Crippen LogP contribution in [-0.4, -0.2) is 28.0 Å². The average molecular weight is 441 g/mol. The number of aromatic nitrogens is 2. The Morgan fingerprint density at radius 3 is 2.48 bits per heavy atom. The summed E-state index contributed by atoms with van der Waals surface area (Å²) in [6.45, 7) is 2.37. The van der Waals surface area contributed by atoms with Crippen molar-refractivity contribution >= 4 is 28.9 Å². The van der Waals surface area contributed by atoms with Gasteiger partial charge in [0.2, 0.25) is 11.9 Å². The third kappa shape index (κ3) is 3.93. The zero-order valence-electron chi connectivity index (χ0n) is 18.1. The fourth-order valence-corrected chi connectivity index (χ4v) is 4.21. The molecule has 0 unspecified atom stereocenters. The number of rotatable bonds is 6. The number of imidazole rings is 1. The molecule has 0 spiro atoms. The van der Waals surface area contributed by atoms with E-state index in [1.165, 1.54) is 0 Å². The maximum absolute atomic E-state index is 13.0. The first-order valence-electron chi connectivity index (χ1n) is 10.9. The number of hydrogen-bond donors (Lipinski definition) is 1. The molecule has 7 nitrogen and oxygen atoms in total. The molecule has 2 atom stereocenters. The van der Waals surface area contributed by atoms with Crippen LogP contribution in [0.3, 0.4) is 0 Å². The molecule has 0 saturated heterocycles. The molecule has 0 fully saturated rings. The van der Waals surface area contributed by atoms with Gasteiger partial charge in [0, 0.05) is 0 Å². The quantitative estimate of drug-likeness (QED) is 0.356. The fraction of sp³-hybridized carbons (Fsp3) is 0.192. The summed E-state index contributed by atoms with van der Waals surface area (Å²) in [5.74, 6) is -0.910. The lowest BCUT2D eigenvalue weighted by Crippen LogP contribution is -2.43. The molecule has 166 valence electrons. The Morgan fingerprint density at radius 2 is 1.73 bits per heavy atom. The number of hydrogen-bond acceptors (Lipinski definition) is 5. The lowest BCUT2D eigenvalue weighted by atomic mass is 9.90. The van der Waals surface area contributed by atoms with Gasteiger partial charge in [0.25, 0.3) is 0 Å². The molecular formula is C26H23N3O4. The van der Waals surface area contributed by atoms with Crippen molar-refractivity contribution in [1.82, 2.24) is 9.55 Å². The molecule has 7 heteroatoms. The Kier molecular flexibility index (Phi) is 5.52. The van der Waals surface area contributed by atoms with Gasteiger partial charge in [0.1, 0.15) is 12.4 Å². The number of fused-ring (bicyclic) bond motifs is 3. The molecule has 2 heterocycles. The monoisotopic (exact) mass is 441 g/mol. The van der Waals surface area contributed by atoms with Crippen LogP contribution < -0.4 is 10.1 Å². The number of carbonyl (C=O) groups is 2. The molecule has 3 aromatic carbocycles. The fourth-order valence-electron chi connectivity index (χ4n) is 4.21. The van der Waals surface area contributed by atoms with Gasteiger partial charge in [-0.2, -0.15) is 0 Å². The Bertz CT molecular complexity index is 1300. The Morgan fingerprint density at radius 1 is 1.00 bits per heavy atom. The van der Waals surface area contributed by atoms with E-state index < -0.39 is 23.8 Å². The molecule has 0 radical (unpaired) electrons. The summed E-state index contributed by atoms with van der Waals surface area (Å²) in [5.41, 5.74) is 3.43.